The van der Waals surface area contributed by atoms with E-state index in [0.717, 1.165) is 50.9 Å². The molecule has 0 aromatic heterocycles. The number of nitrogens with one attached hydrogen (secondary N) is 1. The summed E-state index contributed by atoms with van der Waals surface area (Å²) in [5, 5.41) is 16.6. The maximum absolute atomic E-state index is 11.2. The van der Waals surface area contributed by atoms with E-state index < -0.39 is 0 Å². The largest absolute Gasteiger partial charge is 0.507 e. The Bertz CT molecular complexity index is 1120. The van der Waals surface area contributed by atoms with E-state index in [-0.39, 0.29) is 11.8 Å². The number of methoxy groups -OCH3 is 3. The highest BCUT2D eigenvalue weighted by Gasteiger charge is 2.30. The maximum Gasteiger partial charge on any atom is 0.135 e. The monoisotopic (exact) mass is 407 g/mol. The molecule has 0 bridgehead atoms. The predicted octanol–water partition coefficient (Wildman–Crippen LogP) is 5.14. The summed E-state index contributed by atoms with van der Waals surface area (Å²) >= 11 is 0. The number of benzene rings is 3. The van der Waals surface area contributed by atoms with Crippen molar-refractivity contribution in [2.24, 2.45) is 0 Å². The van der Waals surface area contributed by atoms with E-state index in [2.05, 4.69) is 19.2 Å². The molecular formula is C25H29NO4. The smallest absolute Gasteiger partial charge is 0.135 e. The van der Waals surface area contributed by atoms with E-state index >= 15 is 0 Å². The van der Waals surface area contributed by atoms with Crippen molar-refractivity contribution in [1.82, 2.24) is 5.32 Å². The van der Waals surface area contributed by atoms with Crippen molar-refractivity contribution in [2.75, 3.05) is 21.3 Å². The van der Waals surface area contributed by atoms with Gasteiger partial charge in [-0.25, -0.2) is 0 Å². The summed E-state index contributed by atoms with van der Waals surface area (Å²) in [5.74, 6) is 2.41. The highest BCUT2D eigenvalue weighted by atomic mass is 16.5. The zero-order valence-corrected chi connectivity index (χ0v) is 18.4. The Morgan fingerprint density at radius 2 is 1.70 bits per heavy atom. The number of aryl methyl sites for hydroxylation is 1. The zero-order chi connectivity index (χ0) is 21.6. The van der Waals surface area contributed by atoms with Crippen LogP contribution in [0.25, 0.3) is 21.9 Å². The van der Waals surface area contributed by atoms with Crippen LogP contribution in [-0.2, 0) is 6.42 Å². The number of phenolic OH excluding ortho intramolecular Hbond substituents is 1. The van der Waals surface area contributed by atoms with Gasteiger partial charge in [-0.05, 0) is 61.9 Å². The van der Waals surface area contributed by atoms with Crippen LogP contribution in [0.1, 0.15) is 36.6 Å². The van der Waals surface area contributed by atoms with Gasteiger partial charge in [0.15, 0.2) is 0 Å². The lowest BCUT2D eigenvalue weighted by molar-refractivity contribution is 0.378. The van der Waals surface area contributed by atoms with Crippen molar-refractivity contribution >= 4 is 10.8 Å². The summed E-state index contributed by atoms with van der Waals surface area (Å²) in [6.07, 6.45) is 0.847. The molecule has 0 fully saturated rings. The lowest BCUT2D eigenvalue weighted by atomic mass is 9.84. The van der Waals surface area contributed by atoms with Gasteiger partial charge in [-0.1, -0.05) is 12.1 Å². The summed E-state index contributed by atoms with van der Waals surface area (Å²) in [5.41, 5.74) is 4.85. The Labute approximate surface area is 177 Å². The molecule has 0 saturated carbocycles. The molecular weight excluding hydrogens is 378 g/mol. The first-order chi connectivity index (χ1) is 14.4. The summed E-state index contributed by atoms with van der Waals surface area (Å²) in [6.45, 7) is 6.32. The molecule has 2 N–H and O–H groups in total. The SMILES string of the molecule is COc1c(-c2c(C)cc(OC)c3c(OC)cccc23)c(O)cc2c1[C@@H](C)N[C@@H](C)C2. The molecule has 1 aliphatic rings. The quantitative estimate of drug-likeness (QED) is 0.627. The highest BCUT2D eigenvalue weighted by molar-refractivity contribution is 6.07. The van der Waals surface area contributed by atoms with E-state index in [4.69, 9.17) is 14.2 Å². The molecule has 3 aromatic rings. The summed E-state index contributed by atoms with van der Waals surface area (Å²) in [6, 6.07) is 10.3. The molecule has 158 valence electrons. The van der Waals surface area contributed by atoms with Gasteiger partial charge in [-0.15, -0.1) is 0 Å². The van der Waals surface area contributed by atoms with Gasteiger partial charge in [0.05, 0.1) is 32.3 Å². The average molecular weight is 408 g/mol. The van der Waals surface area contributed by atoms with E-state index in [1.807, 2.05) is 37.3 Å². The van der Waals surface area contributed by atoms with Crippen LogP contribution in [-0.4, -0.2) is 32.5 Å². The van der Waals surface area contributed by atoms with Crippen molar-refractivity contribution in [3.8, 4) is 34.1 Å². The van der Waals surface area contributed by atoms with E-state index in [1.54, 1.807) is 21.3 Å². The molecule has 5 heteroatoms. The van der Waals surface area contributed by atoms with Crippen LogP contribution in [0.2, 0.25) is 0 Å². The second kappa shape index (κ2) is 7.73. The first-order valence-corrected chi connectivity index (χ1v) is 10.2. The lowest BCUT2D eigenvalue weighted by Gasteiger charge is -2.32. The van der Waals surface area contributed by atoms with Crippen LogP contribution in [0, 0.1) is 6.92 Å². The third kappa shape index (κ3) is 3.05. The van der Waals surface area contributed by atoms with Gasteiger partial charge in [-0.2, -0.15) is 0 Å². The zero-order valence-electron chi connectivity index (χ0n) is 18.4. The first-order valence-electron chi connectivity index (χ1n) is 10.2. The van der Waals surface area contributed by atoms with Crippen LogP contribution in [0.4, 0.5) is 0 Å². The highest BCUT2D eigenvalue weighted by Crippen LogP contribution is 2.51. The topological polar surface area (TPSA) is 60.0 Å². The number of hydrogen-bond donors (Lipinski definition) is 2. The lowest BCUT2D eigenvalue weighted by Crippen LogP contribution is -2.36. The molecule has 30 heavy (non-hydrogen) atoms. The molecule has 0 radical (unpaired) electrons. The number of fused-ring (bicyclic) bond motifs is 2. The molecule has 0 spiro atoms. The molecule has 1 heterocycles. The van der Waals surface area contributed by atoms with Crippen molar-refractivity contribution in [3.05, 3.63) is 47.0 Å². The Hall–Kier alpha value is -2.92. The van der Waals surface area contributed by atoms with Crippen LogP contribution < -0.4 is 19.5 Å². The van der Waals surface area contributed by atoms with E-state index in [9.17, 15) is 5.11 Å². The third-order valence-electron chi connectivity index (χ3n) is 6.06. The summed E-state index contributed by atoms with van der Waals surface area (Å²) in [4.78, 5) is 0. The second-order valence-corrected chi connectivity index (χ2v) is 8.02. The third-order valence-corrected chi connectivity index (χ3v) is 6.06. The Morgan fingerprint density at radius 3 is 2.37 bits per heavy atom. The van der Waals surface area contributed by atoms with Crippen molar-refractivity contribution in [1.29, 1.82) is 0 Å². The van der Waals surface area contributed by atoms with Crippen LogP contribution in [0.15, 0.2) is 30.3 Å². The van der Waals surface area contributed by atoms with E-state index in [1.165, 1.54) is 0 Å². The minimum Gasteiger partial charge on any atom is -0.507 e. The Kier molecular flexibility index (Phi) is 5.24. The van der Waals surface area contributed by atoms with Crippen LogP contribution in [0.5, 0.6) is 23.0 Å². The van der Waals surface area contributed by atoms with Crippen molar-refractivity contribution in [2.45, 2.75) is 39.3 Å². The van der Waals surface area contributed by atoms with Gasteiger partial charge in [0.25, 0.3) is 0 Å². The predicted molar refractivity (Wildman–Crippen MR) is 120 cm³/mol. The fourth-order valence-corrected chi connectivity index (χ4v) is 4.92. The normalized spacial score (nSPS) is 18.2. The van der Waals surface area contributed by atoms with Crippen LogP contribution >= 0.6 is 0 Å². The Balaban J connectivity index is 2.12. The molecule has 0 aliphatic carbocycles. The van der Waals surface area contributed by atoms with Crippen molar-refractivity contribution < 1.29 is 19.3 Å². The number of phenols is 1. The van der Waals surface area contributed by atoms with Gasteiger partial charge in [0, 0.05) is 23.2 Å². The Morgan fingerprint density at radius 1 is 0.967 bits per heavy atom. The molecule has 3 aromatic carbocycles. The molecule has 4 rings (SSSR count). The van der Waals surface area contributed by atoms with Gasteiger partial charge in [0.1, 0.15) is 23.0 Å². The number of aromatic hydroxyl groups is 1. The average Bonchev–Trinajstić information content (AvgIpc) is 2.72. The molecule has 2 atom stereocenters. The van der Waals surface area contributed by atoms with Gasteiger partial charge >= 0.3 is 0 Å². The van der Waals surface area contributed by atoms with E-state index in [0.29, 0.717) is 17.4 Å². The van der Waals surface area contributed by atoms with Crippen molar-refractivity contribution in [3.63, 3.8) is 0 Å². The fourth-order valence-electron chi connectivity index (χ4n) is 4.92. The first kappa shape index (κ1) is 20.4. The molecule has 1 aliphatic heterocycles. The number of hydrogen-bond acceptors (Lipinski definition) is 5. The van der Waals surface area contributed by atoms with Gasteiger partial charge < -0.3 is 24.6 Å². The number of rotatable bonds is 4. The number of ether oxygens (including phenoxy) is 3. The maximum atomic E-state index is 11.2. The molecule has 5 nitrogen and oxygen atoms in total. The summed E-state index contributed by atoms with van der Waals surface area (Å²) in [7, 11) is 4.98. The summed E-state index contributed by atoms with van der Waals surface area (Å²) < 4.78 is 17.2. The van der Waals surface area contributed by atoms with Gasteiger partial charge in [-0.3, -0.25) is 0 Å². The molecule has 0 unspecified atom stereocenters. The fraction of sp³-hybridized carbons (Fsp3) is 0.360. The second-order valence-electron chi connectivity index (χ2n) is 8.02. The standard InChI is InChI=1S/C25H29NO4/c1-13-10-20(29-5)23-17(8-7-9-19(23)28-4)21(13)24-18(27)12-16-11-14(2)26-15(3)22(16)25(24)30-6/h7-10,12,14-15,26-27H,11H2,1-6H3/t14-,15+/m0/s1. The minimum absolute atomic E-state index is 0.123. The molecule has 0 saturated heterocycles. The van der Waals surface area contributed by atoms with Crippen LogP contribution in [0.3, 0.4) is 0 Å². The molecule has 0 amide bonds. The minimum atomic E-state index is 0.123. The van der Waals surface area contributed by atoms with Gasteiger partial charge in [0.2, 0.25) is 0 Å².